The lowest BCUT2D eigenvalue weighted by Gasteiger charge is -2.07. The monoisotopic (exact) mass is 274 g/mol. The highest BCUT2D eigenvalue weighted by Crippen LogP contribution is 2.35. The van der Waals surface area contributed by atoms with Crippen molar-refractivity contribution in [2.75, 3.05) is 13.4 Å². The third-order valence-electron chi connectivity index (χ3n) is 2.89. The third-order valence-corrected chi connectivity index (χ3v) is 2.89. The number of ketones is 1. The second-order valence-corrected chi connectivity index (χ2v) is 4.21. The van der Waals surface area contributed by atoms with Crippen LogP contribution in [0.4, 0.5) is 4.39 Å². The highest BCUT2D eigenvalue weighted by Gasteiger charge is 2.15. The largest absolute Gasteiger partial charge is 0.485 e. The van der Waals surface area contributed by atoms with Gasteiger partial charge >= 0.3 is 0 Å². The molecule has 102 valence electrons. The van der Waals surface area contributed by atoms with E-state index < -0.39 is 11.6 Å². The molecule has 4 nitrogen and oxygen atoms in total. The second-order valence-electron chi connectivity index (χ2n) is 4.21. The number of fused-ring (bicyclic) bond motifs is 1. The van der Waals surface area contributed by atoms with Gasteiger partial charge in [-0.05, 0) is 24.3 Å². The Morgan fingerprint density at radius 3 is 2.80 bits per heavy atom. The molecule has 0 saturated carbocycles. The molecule has 0 unspecified atom stereocenters. The Hall–Kier alpha value is -2.56. The lowest BCUT2D eigenvalue weighted by atomic mass is 10.1. The van der Waals surface area contributed by atoms with Gasteiger partial charge in [0.2, 0.25) is 12.6 Å². The summed E-state index contributed by atoms with van der Waals surface area (Å²) in [6.07, 6.45) is 0. The highest BCUT2D eigenvalue weighted by molar-refractivity contribution is 5.97. The molecule has 5 heteroatoms. The fourth-order valence-corrected chi connectivity index (χ4v) is 1.88. The van der Waals surface area contributed by atoms with Crippen LogP contribution < -0.4 is 14.2 Å². The average Bonchev–Trinajstić information content (AvgIpc) is 2.92. The topological polar surface area (TPSA) is 44.8 Å². The number of benzene rings is 2. The highest BCUT2D eigenvalue weighted by atomic mass is 19.1. The van der Waals surface area contributed by atoms with Crippen LogP contribution in [0.25, 0.3) is 0 Å². The minimum atomic E-state index is -0.549. The number of halogens is 1. The van der Waals surface area contributed by atoms with E-state index >= 15 is 0 Å². The smallest absolute Gasteiger partial charge is 0.231 e. The molecular formula is C15H11FO4. The molecule has 1 aliphatic rings. The molecule has 1 aliphatic heterocycles. The van der Waals surface area contributed by atoms with Crippen molar-refractivity contribution in [2.45, 2.75) is 0 Å². The van der Waals surface area contributed by atoms with Gasteiger partial charge in [0.25, 0.3) is 0 Å². The van der Waals surface area contributed by atoms with Gasteiger partial charge in [-0.25, -0.2) is 4.39 Å². The summed E-state index contributed by atoms with van der Waals surface area (Å²) in [5.41, 5.74) is 0.0215. The van der Waals surface area contributed by atoms with Crippen molar-refractivity contribution >= 4 is 5.78 Å². The number of carbonyl (C=O) groups excluding carboxylic acids is 1. The predicted octanol–water partition coefficient (Wildman–Crippen LogP) is 2.82. The minimum Gasteiger partial charge on any atom is -0.485 e. The minimum absolute atomic E-state index is 0.0215. The number of hydrogen-bond acceptors (Lipinski definition) is 4. The molecule has 1 heterocycles. The number of Topliss-reactive ketones (excluding diaryl/α,β-unsaturated/α-hetero) is 1. The average molecular weight is 274 g/mol. The molecule has 0 fully saturated rings. The fraction of sp³-hybridized carbons (Fsp3) is 0.133. The first-order valence-electron chi connectivity index (χ1n) is 6.04. The van der Waals surface area contributed by atoms with E-state index in [0.29, 0.717) is 17.2 Å². The van der Waals surface area contributed by atoms with Crippen molar-refractivity contribution in [3.05, 3.63) is 53.8 Å². The third kappa shape index (κ3) is 2.42. The molecular weight excluding hydrogens is 263 g/mol. The molecule has 0 radical (unpaired) electrons. The Labute approximate surface area is 114 Å². The van der Waals surface area contributed by atoms with E-state index in [2.05, 4.69) is 0 Å². The normalized spacial score (nSPS) is 12.2. The molecule has 0 N–H and O–H groups in total. The number of hydrogen-bond donors (Lipinski definition) is 0. The Kier molecular flexibility index (Phi) is 3.25. The van der Waals surface area contributed by atoms with Gasteiger partial charge in [-0.15, -0.1) is 0 Å². The Balaban J connectivity index is 1.68. The van der Waals surface area contributed by atoms with Crippen LogP contribution in [0.2, 0.25) is 0 Å². The van der Waals surface area contributed by atoms with Gasteiger partial charge in [-0.3, -0.25) is 4.79 Å². The lowest BCUT2D eigenvalue weighted by Crippen LogP contribution is -2.13. The van der Waals surface area contributed by atoms with Gasteiger partial charge in [-0.1, -0.05) is 12.1 Å². The van der Waals surface area contributed by atoms with Crippen molar-refractivity contribution in [1.82, 2.24) is 0 Å². The predicted molar refractivity (Wildman–Crippen MR) is 68.8 cm³/mol. The van der Waals surface area contributed by atoms with Crippen molar-refractivity contribution in [3.63, 3.8) is 0 Å². The maximum Gasteiger partial charge on any atom is 0.231 e. The van der Waals surface area contributed by atoms with Gasteiger partial charge in [0, 0.05) is 6.07 Å². The van der Waals surface area contributed by atoms with Crippen LogP contribution in [0.15, 0.2) is 42.5 Å². The van der Waals surface area contributed by atoms with Gasteiger partial charge in [0.05, 0.1) is 5.56 Å². The molecule has 0 bridgehead atoms. The Bertz CT molecular complexity index is 654. The SMILES string of the molecule is O=C(COc1ccc2c(c1)OCO2)c1ccccc1F. The molecule has 2 aromatic rings. The maximum absolute atomic E-state index is 13.4. The first-order valence-corrected chi connectivity index (χ1v) is 6.04. The zero-order valence-corrected chi connectivity index (χ0v) is 10.5. The molecule has 3 rings (SSSR count). The number of ether oxygens (including phenoxy) is 3. The van der Waals surface area contributed by atoms with E-state index in [1.165, 1.54) is 18.2 Å². The quantitative estimate of drug-likeness (QED) is 0.804. The van der Waals surface area contributed by atoms with Crippen LogP contribution >= 0.6 is 0 Å². The Morgan fingerprint density at radius 2 is 1.95 bits per heavy atom. The van der Waals surface area contributed by atoms with Crippen LogP contribution in [0.5, 0.6) is 17.2 Å². The van der Waals surface area contributed by atoms with E-state index in [1.54, 1.807) is 24.3 Å². The van der Waals surface area contributed by atoms with Crippen LogP contribution in [-0.2, 0) is 0 Å². The summed E-state index contributed by atoms with van der Waals surface area (Å²) in [7, 11) is 0. The van der Waals surface area contributed by atoms with Gasteiger partial charge in [0.1, 0.15) is 11.6 Å². The Morgan fingerprint density at radius 1 is 1.15 bits per heavy atom. The zero-order chi connectivity index (χ0) is 13.9. The second kappa shape index (κ2) is 5.21. The summed E-state index contributed by atoms with van der Waals surface area (Å²) >= 11 is 0. The van der Waals surface area contributed by atoms with E-state index in [0.717, 1.165) is 0 Å². The number of rotatable bonds is 4. The maximum atomic E-state index is 13.4. The van der Waals surface area contributed by atoms with Crippen LogP contribution in [0, 0.1) is 5.82 Å². The zero-order valence-electron chi connectivity index (χ0n) is 10.5. The summed E-state index contributed by atoms with van der Waals surface area (Å²) in [5.74, 6) is 0.713. The lowest BCUT2D eigenvalue weighted by molar-refractivity contribution is 0.0917. The van der Waals surface area contributed by atoms with Crippen LogP contribution in [0.3, 0.4) is 0 Å². The van der Waals surface area contributed by atoms with Gasteiger partial charge < -0.3 is 14.2 Å². The van der Waals surface area contributed by atoms with Crippen molar-refractivity contribution < 1.29 is 23.4 Å². The van der Waals surface area contributed by atoms with Gasteiger partial charge in [0.15, 0.2) is 18.1 Å². The summed E-state index contributed by atoms with van der Waals surface area (Å²) in [5, 5.41) is 0. The first kappa shape index (κ1) is 12.5. The molecule has 0 amide bonds. The van der Waals surface area contributed by atoms with Crippen molar-refractivity contribution in [2.24, 2.45) is 0 Å². The van der Waals surface area contributed by atoms with Crippen LogP contribution in [-0.4, -0.2) is 19.2 Å². The molecule has 0 spiro atoms. The summed E-state index contributed by atoms with van der Waals surface area (Å²) in [4.78, 5) is 11.9. The molecule has 20 heavy (non-hydrogen) atoms. The molecule has 0 atom stereocenters. The molecule has 2 aromatic carbocycles. The molecule has 0 aromatic heterocycles. The van der Waals surface area contributed by atoms with E-state index in [4.69, 9.17) is 14.2 Å². The summed E-state index contributed by atoms with van der Waals surface area (Å²) in [6.45, 7) is -0.0620. The fourth-order valence-electron chi connectivity index (χ4n) is 1.88. The standard InChI is InChI=1S/C15H11FO4/c16-12-4-2-1-3-11(12)13(17)8-18-10-5-6-14-15(7-10)20-9-19-14/h1-7H,8-9H2. The molecule has 0 saturated heterocycles. The van der Waals surface area contributed by atoms with Gasteiger partial charge in [-0.2, -0.15) is 0 Å². The number of carbonyl (C=O) groups is 1. The van der Waals surface area contributed by atoms with E-state index in [9.17, 15) is 9.18 Å². The van der Waals surface area contributed by atoms with Crippen LogP contribution in [0.1, 0.15) is 10.4 Å². The molecule has 0 aliphatic carbocycles. The first-order chi connectivity index (χ1) is 9.74. The van der Waals surface area contributed by atoms with Crippen molar-refractivity contribution in [3.8, 4) is 17.2 Å². The summed E-state index contributed by atoms with van der Waals surface area (Å²) in [6, 6.07) is 10.8. The summed E-state index contributed by atoms with van der Waals surface area (Å²) < 4.78 is 29.2. The van der Waals surface area contributed by atoms with E-state index in [-0.39, 0.29) is 19.0 Å². The van der Waals surface area contributed by atoms with E-state index in [1.807, 2.05) is 0 Å². The van der Waals surface area contributed by atoms with Crippen molar-refractivity contribution in [1.29, 1.82) is 0 Å².